The van der Waals surface area contributed by atoms with Crippen LogP contribution in [0.15, 0.2) is 0 Å². The van der Waals surface area contributed by atoms with E-state index in [1.807, 2.05) is 6.92 Å². The highest BCUT2D eigenvalue weighted by molar-refractivity contribution is 5.97. The van der Waals surface area contributed by atoms with Crippen molar-refractivity contribution in [2.24, 2.45) is 0 Å². The molecule has 0 aromatic rings. The molecule has 0 radical (unpaired) electrons. The molecule has 0 N–H and O–H groups in total. The second kappa shape index (κ2) is 8.14. The molecular formula is C6H16O2Si. The molecular weight excluding hydrogens is 132 g/mol. The first kappa shape index (κ1) is 9.14. The van der Waals surface area contributed by atoms with Gasteiger partial charge in [-0.1, -0.05) is 0 Å². The molecule has 0 aromatic carbocycles. The summed E-state index contributed by atoms with van der Waals surface area (Å²) >= 11 is 0. The van der Waals surface area contributed by atoms with E-state index in [9.17, 15) is 0 Å². The Morgan fingerprint density at radius 2 is 1.89 bits per heavy atom. The van der Waals surface area contributed by atoms with E-state index in [-0.39, 0.29) is 0 Å². The van der Waals surface area contributed by atoms with Gasteiger partial charge in [0, 0.05) is 19.8 Å². The number of hydrogen-bond donors (Lipinski definition) is 0. The Balaban J connectivity index is 2.60. The fourth-order valence-corrected chi connectivity index (χ4v) is 0.884. The lowest BCUT2D eigenvalue weighted by Crippen LogP contribution is -1.96. The maximum atomic E-state index is 5.14. The molecule has 2 nitrogen and oxygen atoms in total. The summed E-state index contributed by atoms with van der Waals surface area (Å²) in [5.74, 6) is 0. The molecule has 0 unspecified atom stereocenters. The first-order valence-corrected chi connectivity index (χ1v) is 4.30. The van der Waals surface area contributed by atoms with Gasteiger partial charge in [-0.15, -0.1) is 0 Å². The SMILES string of the molecule is CCOCCCCO[SiH3]. The van der Waals surface area contributed by atoms with E-state index in [0.717, 1.165) is 43.1 Å². The minimum atomic E-state index is 0.835. The summed E-state index contributed by atoms with van der Waals surface area (Å²) in [6.07, 6.45) is 2.28. The molecule has 56 valence electrons. The topological polar surface area (TPSA) is 18.5 Å². The third kappa shape index (κ3) is 8.14. The van der Waals surface area contributed by atoms with Crippen LogP contribution in [0.3, 0.4) is 0 Å². The number of rotatable bonds is 6. The van der Waals surface area contributed by atoms with Gasteiger partial charge in [-0.3, -0.25) is 0 Å². The molecule has 0 aromatic heterocycles. The first-order chi connectivity index (χ1) is 4.41. The van der Waals surface area contributed by atoms with Gasteiger partial charge in [0.1, 0.15) is 10.5 Å². The molecule has 0 rings (SSSR count). The van der Waals surface area contributed by atoms with Crippen LogP contribution in [0.2, 0.25) is 0 Å². The Bertz CT molecular complexity index is 44.3. The highest BCUT2D eigenvalue weighted by Crippen LogP contribution is 1.88. The molecule has 0 saturated heterocycles. The van der Waals surface area contributed by atoms with Crippen LogP contribution in [0, 0.1) is 0 Å². The molecule has 3 heteroatoms. The molecule has 0 spiro atoms. The predicted molar refractivity (Wildman–Crippen MR) is 41.6 cm³/mol. The van der Waals surface area contributed by atoms with Gasteiger partial charge in [-0.25, -0.2) is 0 Å². The highest BCUT2D eigenvalue weighted by Gasteiger charge is 1.85. The van der Waals surface area contributed by atoms with Crippen molar-refractivity contribution in [3.63, 3.8) is 0 Å². The summed E-state index contributed by atoms with van der Waals surface area (Å²) in [6.45, 7) is 4.66. The highest BCUT2D eigenvalue weighted by atomic mass is 28.2. The monoisotopic (exact) mass is 148 g/mol. The zero-order valence-corrected chi connectivity index (χ0v) is 8.35. The second-order valence-corrected chi connectivity index (χ2v) is 2.47. The van der Waals surface area contributed by atoms with Gasteiger partial charge < -0.3 is 9.16 Å². The van der Waals surface area contributed by atoms with Gasteiger partial charge in [0.2, 0.25) is 0 Å². The maximum Gasteiger partial charge on any atom is 0.145 e. The predicted octanol–water partition coefficient (Wildman–Crippen LogP) is 0.100. The van der Waals surface area contributed by atoms with Crippen molar-refractivity contribution in [3.05, 3.63) is 0 Å². The Morgan fingerprint density at radius 1 is 1.22 bits per heavy atom. The number of unbranched alkanes of at least 4 members (excludes halogenated alkanes) is 1. The van der Waals surface area contributed by atoms with Gasteiger partial charge in [-0.05, 0) is 19.8 Å². The van der Waals surface area contributed by atoms with Crippen LogP contribution in [0.5, 0.6) is 0 Å². The fraction of sp³-hybridized carbons (Fsp3) is 1.00. The van der Waals surface area contributed by atoms with E-state index in [4.69, 9.17) is 9.16 Å². The molecule has 0 atom stereocenters. The second-order valence-electron chi connectivity index (χ2n) is 1.90. The Hall–Kier alpha value is 0.137. The maximum absolute atomic E-state index is 5.14. The van der Waals surface area contributed by atoms with E-state index in [0.29, 0.717) is 0 Å². The largest absolute Gasteiger partial charge is 0.428 e. The zero-order chi connectivity index (χ0) is 6.95. The first-order valence-electron chi connectivity index (χ1n) is 3.48. The normalized spacial score (nSPS) is 10.3. The molecule has 0 aliphatic carbocycles. The van der Waals surface area contributed by atoms with Crippen LogP contribution in [0.1, 0.15) is 19.8 Å². The Morgan fingerprint density at radius 3 is 2.44 bits per heavy atom. The molecule has 0 aliphatic heterocycles. The van der Waals surface area contributed by atoms with E-state index < -0.39 is 0 Å². The van der Waals surface area contributed by atoms with Crippen LogP contribution in [0.25, 0.3) is 0 Å². The van der Waals surface area contributed by atoms with E-state index in [1.54, 1.807) is 0 Å². The average Bonchev–Trinajstić information content (AvgIpc) is 1.89. The third-order valence-electron chi connectivity index (χ3n) is 1.09. The molecule has 0 saturated carbocycles. The van der Waals surface area contributed by atoms with Crippen LogP contribution in [-0.4, -0.2) is 30.3 Å². The van der Waals surface area contributed by atoms with Crippen LogP contribution >= 0.6 is 0 Å². The van der Waals surface area contributed by atoms with Crippen molar-refractivity contribution in [2.75, 3.05) is 19.8 Å². The summed E-state index contributed by atoms with van der Waals surface area (Å²) in [7, 11) is 0.867. The summed E-state index contributed by atoms with van der Waals surface area (Å²) in [5, 5.41) is 0. The lowest BCUT2D eigenvalue weighted by atomic mass is 10.3. The third-order valence-corrected chi connectivity index (χ3v) is 1.50. The summed E-state index contributed by atoms with van der Waals surface area (Å²) < 4.78 is 10.1. The summed E-state index contributed by atoms with van der Waals surface area (Å²) in [5.41, 5.74) is 0. The van der Waals surface area contributed by atoms with E-state index in [1.165, 1.54) is 0 Å². The summed E-state index contributed by atoms with van der Waals surface area (Å²) in [6, 6.07) is 0. The van der Waals surface area contributed by atoms with Gasteiger partial charge in [-0.2, -0.15) is 0 Å². The Labute approximate surface area is 60.1 Å². The van der Waals surface area contributed by atoms with Gasteiger partial charge in [0.05, 0.1) is 0 Å². The average molecular weight is 148 g/mol. The molecule has 0 amide bonds. The van der Waals surface area contributed by atoms with Crippen molar-refractivity contribution in [1.29, 1.82) is 0 Å². The standard InChI is InChI=1S/C6H16O2Si/c1-2-7-5-3-4-6-8-9/h2-6H2,1,9H3. The van der Waals surface area contributed by atoms with E-state index >= 15 is 0 Å². The van der Waals surface area contributed by atoms with Gasteiger partial charge in [0.25, 0.3) is 0 Å². The lowest BCUT2D eigenvalue weighted by molar-refractivity contribution is 0.139. The minimum absolute atomic E-state index is 0.835. The van der Waals surface area contributed by atoms with Gasteiger partial charge >= 0.3 is 0 Å². The Kier molecular flexibility index (Phi) is 8.26. The lowest BCUT2D eigenvalue weighted by Gasteiger charge is -1.99. The molecule has 0 aliphatic rings. The summed E-state index contributed by atoms with van der Waals surface area (Å²) in [4.78, 5) is 0. The van der Waals surface area contributed by atoms with Crippen molar-refractivity contribution >= 4 is 10.5 Å². The molecule has 9 heavy (non-hydrogen) atoms. The van der Waals surface area contributed by atoms with Crippen molar-refractivity contribution in [1.82, 2.24) is 0 Å². The minimum Gasteiger partial charge on any atom is -0.428 e. The quantitative estimate of drug-likeness (QED) is 0.393. The smallest absolute Gasteiger partial charge is 0.145 e. The van der Waals surface area contributed by atoms with Crippen LogP contribution < -0.4 is 0 Å². The van der Waals surface area contributed by atoms with Crippen molar-refractivity contribution < 1.29 is 9.16 Å². The molecule has 0 bridgehead atoms. The molecule has 0 fully saturated rings. The fourth-order valence-electron chi connectivity index (χ4n) is 0.595. The van der Waals surface area contributed by atoms with Crippen molar-refractivity contribution in [3.8, 4) is 0 Å². The molecule has 0 heterocycles. The zero-order valence-electron chi connectivity index (χ0n) is 6.35. The number of ether oxygens (including phenoxy) is 1. The van der Waals surface area contributed by atoms with Gasteiger partial charge in [0.15, 0.2) is 0 Å². The van der Waals surface area contributed by atoms with E-state index in [2.05, 4.69) is 0 Å². The van der Waals surface area contributed by atoms with Crippen LogP contribution in [-0.2, 0) is 9.16 Å². The number of hydrogen-bond acceptors (Lipinski definition) is 2. The van der Waals surface area contributed by atoms with Crippen molar-refractivity contribution in [2.45, 2.75) is 19.8 Å². The van der Waals surface area contributed by atoms with Crippen LogP contribution in [0.4, 0.5) is 0 Å².